The van der Waals surface area contributed by atoms with E-state index in [1.807, 2.05) is 0 Å². The van der Waals surface area contributed by atoms with Gasteiger partial charge in [-0.3, -0.25) is 4.79 Å². The Hall–Kier alpha value is -1.10. The second-order valence-corrected chi connectivity index (χ2v) is 6.08. The van der Waals surface area contributed by atoms with Crippen LogP contribution < -0.4 is 10.1 Å². The number of halogens is 2. The summed E-state index contributed by atoms with van der Waals surface area (Å²) in [4.78, 5) is 12.1. The van der Waals surface area contributed by atoms with E-state index in [4.69, 9.17) is 4.74 Å². The normalized spacial score (nSPS) is 12.3. The number of benzene rings is 1. The fourth-order valence-electron chi connectivity index (χ4n) is 1.71. The van der Waals surface area contributed by atoms with Gasteiger partial charge >= 0.3 is 0 Å². The van der Waals surface area contributed by atoms with E-state index in [0.717, 1.165) is 6.42 Å². The minimum atomic E-state index is -0.535. The predicted molar refractivity (Wildman–Crippen MR) is 77.5 cm³/mol. The highest BCUT2D eigenvalue weighted by Crippen LogP contribution is 2.18. The lowest BCUT2D eigenvalue weighted by molar-refractivity contribution is 0.0953. The van der Waals surface area contributed by atoms with E-state index in [0.29, 0.717) is 18.0 Å². The smallest absolute Gasteiger partial charge is 0.251 e. The van der Waals surface area contributed by atoms with Gasteiger partial charge in [0.05, 0.1) is 7.11 Å². The standard InChI is InChI=1S/C14H19BrFNO2/c1-9(2)6-11(15)8-17-14(18)10-4-5-13(19-3)12(16)7-10/h4-5,7,9,11H,6,8H2,1-3H3,(H,17,18). The maximum Gasteiger partial charge on any atom is 0.251 e. The van der Waals surface area contributed by atoms with E-state index in [1.165, 1.54) is 19.2 Å². The Bertz CT molecular complexity index is 437. The summed E-state index contributed by atoms with van der Waals surface area (Å²) in [6, 6.07) is 4.17. The number of ether oxygens (including phenoxy) is 1. The number of alkyl halides is 1. The molecule has 106 valence electrons. The first-order chi connectivity index (χ1) is 8.93. The minimum absolute atomic E-state index is 0.134. The maximum atomic E-state index is 13.5. The number of carbonyl (C=O) groups excluding carboxylic acids is 1. The monoisotopic (exact) mass is 331 g/mol. The third-order valence-corrected chi connectivity index (χ3v) is 3.32. The molecule has 0 bridgehead atoms. The van der Waals surface area contributed by atoms with E-state index < -0.39 is 5.82 Å². The van der Waals surface area contributed by atoms with Crippen LogP contribution in [0.3, 0.4) is 0 Å². The van der Waals surface area contributed by atoms with Gasteiger partial charge in [-0.15, -0.1) is 0 Å². The Morgan fingerprint density at radius 1 is 1.47 bits per heavy atom. The molecule has 0 saturated heterocycles. The molecule has 0 fully saturated rings. The van der Waals surface area contributed by atoms with E-state index >= 15 is 0 Å². The van der Waals surface area contributed by atoms with E-state index in [1.54, 1.807) is 6.07 Å². The molecule has 1 aromatic carbocycles. The van der Waals surface area contributed by atoms with Gasteiger partial charge in [0.15, 0.2) is 11.6 Å². The summed E-state index contributed by atoms with van der Waals surface area (Å²) in [5, 5.41) is 2.78. The molecule has 19 heavy (non-hydrogen) atoms. The molecule has 0 aliphatic carbocycles. The van der Waals surface area contributed by atoms with Crippen LogP contribution in [0.4, 0.5) is 4.39 Å². The molecule has 5 heteroatoms. The SMILES string of the molecule is COc1ccc(C(=O)NCC(Br)CC(C)C)cc1F. The Balaban J connectivity index is 2.56. The van der Waals surface area contributed by atoms with Gasteiger partial charge in [-0.05, 0) is 30.5 Å². The highest BCUT2D eigenvalue weighted by atomic mass is 79.9. The summed E-state index contributed by atoms with van der Waals surface area (Å²) in [6.45, 7) is 4.76. The summed E-state index contributed by atoms with van der Waals surface area (Å²) in [5.41, 5.74) is 0.294. The number of amides is 1. The van der Waals surface area contributed by atoms with Gasteiger partial charge in [0.25, 0.3) is 5.91 Å². The highest BCUT2D eigenvalue weighted by molar-refractivity contribution is 9.09. The van der Waals surface area contributed by atoms with Crippen LogP contribution in [-0.4, -0.2) is 24.4 Å². The molecule has 1 aromatic rings. The van der Waals surface area contributed by atoms with Crippen molar-refractivity contribution in [1.82, 2.24) is 5.32 Å². The molecule has 0 radical (unpaired) electrons. The lowest BCUT2D eigenvalue weighted by atomic mass is 10.1. The highest BCUT2D eigenvalue weighted by Gasteiger charge is 2.12. The number of hydrogen-bond donors (Lipinski definition) is 1. The molecule has 0 aliphatic heterocycles. The first-order valence-electron chi connectivity index (χ1n) is 6.19. The molecule has 1 rings (SSSR count). The first-order valence-corrected chi connectivity index (χ1v) is 7.11. The molecule has 0 spiro atoms. The van der Waals surface area contributed by atoms with Gasteiger partial charge in [-0.1, -0.05) is 29.8 Å². The molecule has 0 aromatic heterocycles. The van der Waals surface area contributed by atoms with Crippen molar-refractivity contribution < 1.29 is 13.9 Å². The van der Waals surface area contributed by atoms with Crippen molar-refractivity contribution in [1.29, 1.82) is 0 Å². The Labute approximate surface area is 121 Å². The van der Waals surface area contributed by atoms with Crippen LogP contribution in [0, 0.1) is 11.7 Å². The topological polar surface area (TPSA) is 38.3 Å². The largest absolute Gasteiger partial charge is 0.494 e. The summed E-state index contributed by atoms with van der Waals surface area (Å²) in [7, 11) is 1.39. The van der Waals surface area contributed by atoms with Crippen LogP contribution in [-0.2, 0) is 0 Å². The van der Waals surface area contributed by atoms with Gasteiger partial charge in [0, 0.05) is 16.9 Å². The van der Waals surface area contributed by atoms with Crippen molar-refractivity contribution in [2.75, 3.05) is 13.7 Å². The minimum Gasteiger partial charge on any atom is -0.494 e. The van der Waals surface area contributed by atoms with Crippen molar-refractivity contribution >= 4 is 21.8 Å². The molecule has 0 aliphatic rings. The number of carbonyl (C=O) groups is 1. The van der Waals surface area contributed by atoms with Crippen LogP contribution >= 0.6 is 15.9 Å². The number of nitrogens with one attached hydrogen (secondary N) is 1. The van der Waals surface area contributed by atoms with Gasteiger partial charge in [-0.2, -0.15) is 0 Å². The van der Waals surface area contributed by atoms with Crippen LogP contribution in [0.15, 0.2) is 18.2 Å². The molecule has 1 amide bonds. The first kappa shape index (κ1) is 16.0. The molecule has 1 N–H and O–H groups in total. The molecular weight excluding hydrogens is 313 g/mol. The van der Waals surface area contributed by atoms with E-state index in [-0.39, 0.29) is 16.5 Å². The van der Waals surface area contributed by atoms with Gasteiger partial charge in [0.1, 0.15) is 0 Å². The second-order valence-electron chi connectivity index (χ2n) is 4.79. The van der Waals surface area contributed by atoms with Crippen molar-refractivity contribution in [2.24, 2.45) is 5.92 Å². The lowest BCUT2D eigenvalue weighted by Gasteiger charge is -2.13. The predicted octanol–water partition coefficient (Wildman–Crippen LogP) is 3.37. The number of rotatable bonds is 6. The summed E-state index contributed by atoms with van der Waals surface area (Å²) in [6.07, 6.45) is 0.969. The Kier molecular flexibility index (Phi) is 6.28. The molecule has 1 unspecified atom stereocenters. The molecule has 0 heterocycles. The van der Waals surface area contributed by atoms with Gasteiger partial charge in [-0.25, -0.2) is 4.39 Å². The molecule has 3 nitrogen and oxygen atoms in total. The maximum absolute atomic E-state index is 13.5. The molecular formula is C14H19BrFNO2. The van der Waals surface area contributed by atoms with Crippen molar-refractivity contribution in [3.05, 3.63) is 29.6 Å². The van der Waals surface area contributed by atoms with Gasteiger partial charge < -0.3 is 10.1 Å². The fourth-order valence-corrected chi connectivity index (χ4v) is 2.62. The van der Waals surface area contributed by atoms with Crippen molar-refractivity contribution in [3.8, 4) is 5.75 Å². The van der Waals surface area contributed by atoms with Crippen molar-refractivity contribution in [2.45, 2.75) is 25.1 Å². The zero-order valence-corrected chi connectivity index (χ0v) is 13.0. The van der Waals surface area contributed by atoms with Crippen LogP contribution in [0.25, 0.3) is 0 Å². The molecule has 0 saturated carbocycles. The quantitative estimate of drug-likeness (QED) is 0.811. The lowest BCUT2D eigenvalue weighted by Crippen LogP contribution is -2.30. The Morgan fingerprint density at radius 2 is 2.16 bits per heavy atom. The number of methoxy groups -OCH3 is 1. The second kappa shape index (κ2) is 7.48. The molecule has 1 atom stereocenters. The Morgan fingerprint density at radius 3 is 2.68 bits per heavy atom. The van der Waals surface area contributed by atoms with Crippen LogP contribution in [0.2, 0.25) is 0 Å². The van der Waals surface area contributed by atoms with Crippen LogP contribution in [0.1, 0.15) is 30.6 Å². The third-order valence-electron chi connectivity index (χ3n) is 2.63. The van der Waals surface area contributed by atoms with E-state index in [2.05, 4.69) is 35.1 Å². The zero-order valence-electron chi connectivity index (χ0n) is 11.4. The summed E-state index contributed by atoms with van der Waals surface area (Å²) >= 11 is 3.51. The van der Waals surface area contributed by atoms with E-state index in [9.17, 15) is 9.18 Å². The average molecular weight is 332 g/mol. The fraction of sp³-hybridized carbons (Fsp3) is 0.500. The number of hydrogen-bond acceptors (Lipinski definition) is 2. The zero-order chi connectivity index (χ0) is 14.4. The summed E-state index contributed by atoms with van der Waals surface area (Å²) in [5.74, 6) is -0.128. The summed E-state index contributed by atoms with van der Waals surface area (Å²) < 4.78 is 18.3. The average Bonchev–Trinajstić information content (AvgIpc) is 2.35. The van der Waals surface area contributed by atoms with Crippen LogP contribution in [0.5, 0.6) is 5.75 Å². The third kappa shape index (κ3) is 5.19. The van der Waals surface area contributed by atoms with Gasteiger partial charge in [0.2, 0.25) is 0 Å². The van der Waals surface area contributed by atoms with Crippen molar-refractivity contribution in [3.63, 3.8) is 0 Å².